The highest BCUT2D eigenvalue weighted by Crippen LogP contribution is 2.04. The molecule has 0 atom stereocenters. The third kappa shape index (κ3) is 1.49. The molecule has 0 radical (unpaired) electrons. The monoisotopic (exact) mass is 125 g/mol. The Balaban J connectivity index is 2.46. The highest BCUT2D eigenvalue weighted by Gasteiger charge is 2.03. The molecule has 0 aromatic rings. The van der Waals surface area contributed by atoms with Crippen molar-refractivity contribution in [2.24, 2.45) is 0 Å². The van der Waals surface area contributed by atoms with Gasteiger partial charge in [-0.15, -0.1) is 0 Å². The molecule has 0 bridgehead atoms. The number of rotatable bonds is 1. The first-order chi connectivity index (χ1) is 4.30. The summed E-state index contributed by atoms with van der Waals surface area (Å²) in [7, 11) is 0. The average molecular weight is 125 g/mol. The quantitative estimate of drug-likeness (QED) is 0.528. The summed E-state index contributed by atoms with van der Waals surface area (Å²) in [5.74, 6) is 0. The van der Waals surface area contributed by atoms with Crippen molar-refractivity contribution >= 4 is 0 Å². The average Bonchev–Trinajstić information content (AvgIpc) is 1.90. The normalized spacial score (nSPS) is 16.6. The zero-order valence-electron chi connectivity index (χ0n) is 5.74. The summed E-state index contributed by atoms with van der Waals surface area (Å²) in [6.45, 7) is 4.15. The second-order valence-corrected chi connectivity index (χ2v) is 2.23. The molecule has 0 fully saturated rings. The van der Waals surface area contributed by atoms with Crippen LogP contribution in [0.3, 0.4) is 0 Å². The van der Waals surface area contributed by atoms with Gasteiger partial charge in [-0.25, -0.2) is 5.06 Å². The van der Waals surface area contributed by atoms with Gasteiger partial charge in [0.15, 0.2) is 0 Å². The smallest absolute Gasteiger partial charge is 0.119 e. The van der Waals surface area contributed by atoms with Crippen LogP contribution in [0.2, 0.25) is 0 Å². The van der Waals surface area contributed by atoms with Crippen LogP contribution in [0.25, 0.3) is 0 Å². The van der Waals surface area contributed by atoms with Crippen molar-refractivity contribution in [1.82, 2.24) is 5.06 Å². The van der Waals surface area contributed by atoms with Crippen LogP contribution in [0.4, 0.5) is 0 Å². The molecule has 0 unspecified atom stereocenters. The van der Waals surface area contributed by atoms with Crippen molar-refractivity contribution < 1.29 is 4.84 Å². The van der Waals surface area contributed by atoms with Gasteiger partial charge in [0, 0.05) is 6.20 Å². The van der Waals surface area contributed by atoms with Crippen LogP contribution in [0, 0.1) is 0 Å². The van der Waals surface area contributed by atoms with Gasteiger partial charge in [-0.1, -0.05) is 0 Å². The van der Waals surface area contributed by atoms with E-state index in [1.165, 1.54) is 0 Å². The second kappa shape index (κ2) is 2.58. The fourth-order valence-corrected chi connectivity index (χ4v) is 0.614. The maximum Gasteiger partial charge on any atom is 0.119 e. The lowest BCUT2D eigenvalue weighted by Crippen LogP contribution is -2.24. The number of hydroxylamine groups is 2. The van der Waals surface area contributed by atoms with Crippen molar-refractivity contribution in [3.63, 3.8) is 0 Å². The van der Waals surface area contributed by atoms with E-state index in [-0.39, 0.29) is 0 Å². The van der Waals surface area contributed by atoms with Crippen molar-refractivity contribution in [3.8, 4) is 0 Å². The molecule has 0 spiro atoms. The summed E-state index contributed by atoms with van der Waals surface area (Å²) in [5, 5.41) is 1.79. The van der Waals surface area contributed by atoms with Gasteiger partial charge in [0.25, 0.3) is 0 Å². The number of nitrogens with zero attached hydrogens (tertiary/aromatic N) is 1. The van der Waals surface area contributed by atoms with Crippen LogP contribution in [0.1, 0.15) is 13.8 Å². The van der Waals surface area contributed by atoms with Crippen LogP contribution < -0.4 is 0 Å². The Morgan fingerprint density at radius 1 is 1.33 bits per heavy atom. The predicted octanol–water partition coefficient (Wildman–Crippen LogP) is 1.67. The zero-order valence-corrected chi connectivity index (χ0v) is 5.74. The maximum atomic E-state index is 5.11. The van der Waals surface area contributed by atoms with Crippen molar-refractivity contribution in [2.75, 3.05) is 0 Å². The first-order valence-electron chi connectivity index (χ1n) is 3.09. The van der Waals surface area contributed by atoms with Gasteiger partial charge in [-0.05, 0) is 26.0 Å². The van der Waals surface area contributed by atoms with E-state index in [1.54, 1.807) is 11.3 Å². The minimum Gasteiger partial charge on any atom is -0.388 e. The first-order valence-corrected chi connectivity index (χ1v) is 3.09. The molecule has 9 heavy (non-hydrogen) atoms. The third-order valence-electron chi connectivity index (χ3n) is 1.11. The van der Waals surface area contributed by atoms with Crippen LogP contribution >= 0.6 is 0 Å². The molecule has 0 saturated carbocycles. The van der Waals surface area contributed by atoms with Gasteiger partial charge in [0.1, 0.15) is 6.26 Å². The summed E-state index contributed by atoms with van der Waals surface area (Å²) < 4.78 is 0. The summed E-state index contributed by atoms with van der Waals surface area (Å²) in [6.07, 6.45) is 7.38. The number of hydrogen-bond acceptors (Lipinski definition) is 2. The molecule has 0 aromatic carbocycles. The van der Waals surface area contributed by atoms with Gasteiger partial charge >= 0.3 is 0 Å². The molecule has 0 aliphatic carbocycles. The van der Waals surface area contributed by atoms with Gasteiger partial charge < -0.3 is 4.84 Å². The Labute approximate surface area is 55.4 Å². The number of allylic oxidation sites excluding steroid dienone is 2. The summed E-state index contributed by atoms with van der Waals surface area (Å²) in [4.78, 5) is 5.11. The lowest BCUT2D eigenvalue weighted by molar-refractivity contribution is -0.0842. The van der Waals surface area contributed by atoms with Crippen LogP contribution in [0.5, 0.6) is 0 Å². The van der Waals surface area contributed by atoms with Crippen LogP contribution in [-0.2, 0) is 4.84 Å². The highest BCUT2D eigenvalue weighted by atomic mass is 16.7. The van der Waals surface area contributed by atoms with E-state index in [0.29, 0.717) is 6.04 Å². The molecule has 0 aromatic heterocycles. The molecule has 2 heteroatoms. The van der Waals surface area contributed by atoms with Crippen molar-refractivity contribution in [1.29, 1.82) is 0 Å². The largest absolute Gasteiger partial charge is 0.388 e. The fourth-order valence-electron chi connectivity index (χ4n) is 0.614. The molecule has 1 aliphatic heterocycles. The topological polar surface area (TPSA) is 12.5 Å². The van der Waals surface area contributed by atoms with Gasteiger partial charge in [0.05, 0.1) is 6.04 Å². The second-order valence-electron chi connectivity index (χ2n) is 2.23. The summed E-state index contributed by atoms with van der Waals surface area (Å²) >= 11 is 0. The summed E-state index contributed by atoms with van der Waals surface area (Å²) in [6, 6.07) is 0.409. The van der Waals surface area contributed by atoms with Crippen LogP contribution in [-0.4, -0.2) is 11.1 Å². The maximum absolute atomic E-state index is 5.11. The molecule has 1 heterocycles. The van der Waals surface area contributed by atoms with Gasteiger partial charge in [0.2, 0.25) is 0 Å². The lowest BCUT2D eigenvalue weighted by Gasteiger charge is -2.23. The van der Waals surface area contributed by atoms with Crippen molar-refractivity contribution in [3.05, 3.63) is 24.6 Å². The Hall–Kier alpha value is -0.920. The zero-order chi connectivity index (χ0) is 6.69. The molecule has 1 rings (SSSR count). The molecule has 0 amide bonds. The van der Waals surface area contributed by atoms with Crippen LogP contribution in [0.15, 0.2) is 24.6 Å². The molecule has 2 nitrogen and oxygen atoms in total. The molecule has 1 aliphatic rings. The SMILES string of the molecule is CC(C)N1C=CC=CO1. The molecular formula is C7H11NO. The van der Waals surface area contributed by atoms with E-state index in [1.807, 2.05) is 18.4 Å². The number of hydrogen-bond donors (Lipinski definition) is 0. The van der Waals surface area contributed by atoms with E-state index >= 15 is 0 Å². The van der Waals surface area contributed by atoms with Gasteiger partial charge in [-0.3, -0.25) is 0 Å². The van der Waals surface area contributed by atoms with Gasteiger partial charge in [-0.2, -0.15) is 0 Å². The van der Waals surface area contributed by atoms with E-state index < -0.39 is 0 Å². The Morgan fingerprint density at radius 3 is 2.44 bits per heavy atom. The first kappa shape index (κ1) is 6.20. The highest BCUT2D eigenvalue weighted by molar-refractivity contribution is 5.01. The molecule has 50 valence electrons. The standard InChI is InChI=1S/C7H11NO/c1-7(2)8-5-3-4-6-9-8/h3-7H,1-2H3. The van der Waals surface area contributed by atoms with E-state index in [0.717, 1.165) is 0 Å². The van der Waals surface area contributed by atoms with E-state index in [2.05, 4.69) is 13.8 Å². The molecular weight excluding hydrogens is 114 g/mol. The Bertz CT molecular complexity index is 138. The summed E-state index contributed by atoms with van der Waals surface area (Å²) in [5.41, 5.74) is 0. The van der Waals surface area contributed by atoms with E-state index in [9.17, 15) is 0 Å². The van der Waals surface area contributed by atoms with E-state index in [4.69, 9.17) is 4.84 Å². The van der Waals surface area contributed by atoms with Crippen molar-refractivity contribution in [2.45, 2.75) is 19.9 Å². The Morgan fingerprint density at radius 2 is 2.11 bits per heavy atom. The fraction of sp³-hybridized carbons (Fsp3) is 0.429. The third-order valence-corrected chi connectivity index (χ3v) is 1.11. The molecule has 0 saturated heterocycles. The Kier molecular flexibility index (Phi) is 1.78. The lowest BCUT2D eigenvalue weighted by atomic mass is 10.4. The molecule has 0 N–H and O–H groups in total. The minimum absolute atomic E-state index is 0.409. The predicted molar refractivity (Wildman–Crippen MR) is 36.3 cm³/mol. The minimum atomic E-state index is 0.409.